The fraction of sp³-hybridized carbons (Fsp3) is 0.895. The monoisotopic (exact) mass is 716 g/mol. The first-order valence-corrected chi connectivity index (χ1v) is 18.4. The third kappa shape index (κ3) is 74.5. The number of carbonyl (C=O) groups excluding carboxylic acids is 2. The van der Waals surface area contributed by atoms with Crippen LogP contribution in [0.4, 0.5) is 0 Å². The molecule has 0 spiro atoms. The van der Waals surface area contributed by atoms with Crippen molar-refractivity contribution in [3.05, 3.63) is 13.8 Å². The molecule has 4 nitrogen and oxygen atoms in total. The number of carbonyl (C=O) groups is 2. The summed E-state index contributed by atoms with van der Waals surface area (Å²) >= 11 is 0. The van der Waals surface area contributed by atoms with E-state index >= 15 is 0 Å². The van der Waals surface area contributed by atoms with E-state index in [4.69, 9.17) is 0 Å². The molecule has 0 aliphatic carbocycles. The number of hydrogen-bond acceptors (Lipinski definition) is 4. The minimum Gasteiger partial charge on any atom is -0.550 e. The van der Waals surface area contributed by atoms with E-state index in [0.29, 0.717) is 0 Å². The largest absolute Gasteiger partial charge is 2.00 e. The van der Waals surface area contributed by atoms with Crippen LogP contribution in [-0.2, 0) is 9.59 Å². The molecule has 0 N–H and O–H groups in total. The molecule has 0 fully saturated rings. The van der Waals surface area contributed by atoms with E-state index in [2.05, 4.69) is 41.5 Å². The minimum atomic E-state index is -0.911. The Bertz CT molecular complexity index is 417. The molecule has 0 aliphatic rings. The zero-order valence-electron chi connectivity index (χ0n) is 29.8. The van der Waals surface area contributed by atoms with Gasteiger partial charge in [-0.05, 0) is 25.7 Å². The second-order valence-corrected chi connectivity index (χ2v) is 11.7. The predicted molar refractivity (Wildman–Crippen MR) is 188 cm³/mol. The second-order valence-electron chi connectivity index (χ2n) is 11.7. The van der Waals surface area contributed by atoms with Crippen LogP contribution in [0, 0.1) is 13.8 Å². The van der Waals surface area contributed by atoms with Gasteiger partial charge in [-0.15, -0.1) is 0 Å². The Morgan fingerprint density at radius 2 is 0.558 bits per heavy atom. The van der Waals surface area contributed by atoms with Crippen molar-refractivity contribution in [3.63, 3.8) is 0 Å². The Balaban J connectivity index is -0.000000152. The summed E-state index contributed by atoms with van der Waals surface area (Å²) in [5.74, 6) is -1.82. The maximum Gasteiger partial charge on any atom is 2.00 e. The van der Waals surface area contributed by atoms with Crippen molar-refractivity contribution in [2.24, 2.45) is 0 Å². The van der Waals surface area contributed by atoms with Crippen molar-refractivity contribution in [1.29, 1.82) is 0 Å². The molecule has 0 bridgehead atoms. The van der Waals surface area contributed by atoms with Gasteiger partial charge < -0.3 is 19.8 Å². The summed E-state index contributed by atoms with van der Waals surface area (Å²) in [6.07, 6.45) is 35.4. The molecule has 0 saturated heterocycles. The molecule has 256 valence electrons. The summed E-state index contributed by atoms with van der Waals surface area (Å²) < 4.78 is 0. The van der Waals surface area contributed by atoms with Crippen molar-refractivity contribution < 1.29 is 19.8 Å². The zero-order chi connectivity index (χ0) is 32.4. The van der Waals surface area contributed by atoms with Gasteiger partial charge in [-0.25, -0.2) is 0 Å². The predicted octanol–water partition coefficient (Wildman–Crippen LogP) is 10.5. The first-order valence-electron chi connectivity index (χ1n) is 18.4. The Morgan fingerprint density at radius 1 is 0.372 bits per heavy atom. The molecule has 0 heterocycles. The quantitative estimate of drug-likeness (QED) is 0.0597. The Morgan fingerprint density at radius 3 is 0.744 bits per heavy atom. The smallest absolute Gasteiger partial charge is 0.550 e. The van der Waals surface area contributed by atoms with Gasteiger partial charge in [0.25, 0.3) is 0 Å². The minimum absolute atomic E-state index is 0. The zero-order valence-corrected chi connectivity index (χ0v) is 32.6. The van der Waals surface area contributed by atoms with E-state index in [1.165, 1.54) is 141 Å². The van der Waals surface area contributed by atoms with Crippen molar-refractivity contribution >= 4 is 35.8 Å². The average Bonchev–Trinajstić information content (AvgIpc) is 2.97. The molecule has 0 aromatic rings. The van der Waals surface area contributed by atoms with Gasteiger partial charge >= 0.3 is 23.9 Å². The van der Waals surface area contributed by atoms with Gasteiger partial charge in [0, 0.05) is 11.9 Å². The SMILES string of the molecule is CCCCCCCCCCC(=O)[O-].CCCCCCCCCCC(=O)[O-].[CH2]CCCCCCC.[CH2]CCCCCCC.[Sn+2]. The molecule has 0 atom stereocenters. The van der Waals surface area contributed by atoms with Crippen molar-refractivity contribution in [2.45, 2.75) is 220 Å². The van der Waals surface area contributed by atoms with E-state index < -0.39 is 11.9 Å². The second kappa shape index (κ2) is 54.2. The van der Waals surface area contributed by atoms with E-state index in [9.17, 15) is 19.8 Å². The topological polar surface area (TPSA) is 80.3 Å². The molecule has 5 heteroatoms. The Hall–Kier alpha value is -0.261. The van der Waals surface area contributed by atoms with E-state index in [1.807, 2.05) is 0 Å². The van der Waals surface area contributed by atoms with Gasteiger partial charge in [-0.1, -0.05) is 208 Å². The molecule has 0 saturated carbocycles. The van der Waals surface area contributed by atoms with Crippen LogP contribution < -0.4 is 10.2 Å². The summed E-state index contributed by atoms with van der Waals surface area (Å²) in [5.41, 5.74) is 0. The molecule has 0 aliphatic heterocycles. The number of carboxylic acid groups (broad SMARTS) is 2. The molecule has 0 unspecified atom stereocenters. The molecular weight excluding hydrogens is 639 g/mol. The summed E-state index contributed by atoms with van der Waals surface area (Å²) in [6, 6.07) is 0. The van der Waals surface area contributed by atoms with E-state index in [1.54, 1.807) is 0 Å². The van der Waals surface area contributed by atoms with Gasteiger partial charge in [0.1, 0.15) is 0 Å². The molecule has 0 rings (SSSR count). The van der Waals surface area contributed by atoms with Gasteiger partial charge in [0.15, 0.2) is 0 Å². The molecule has 0 amide bonds. The summed E-state index contributed by atoms with van der Waals surface area (Å²) in [5, 5.41) is 20.1. The Kier molecular flexibility index (Phi) is 65.9. The van der Waals surface area contributed by atoms with Crippen LogP contribution in [0.1, 0.15) is 220 Å². The number of aliphatic carboxylic acids is 2. The van der Waals surface area contributed by atoms with Gasteiger partial charge in [0.05, 0.1) is 0 Å². The van der Waals surface area contributed by atoms with Crippen LogP contribution in [0.25, 0.3) is 0 Å². The first-order chi connectivity index (χ1) is 20.4. The normalized spacial score (nSPS) is 9.81. The van der Waals surface area contributed by atoms with Crippen molar-refractivity contribution in [1.82, 2.24) is 0 Å². The fourth-order valence-corrected chi connectivity index (χ4v) is 4.37. The maximum absolute atomic E-state index is 10.1. The van der Waals surface area contributed by atoms with Crippen molar-refractivity contribution in [2.75, 3.05) is 0 Å². The molecule has 0 aromatic heterocycles. The van der Waals surface area contributed by atoms with Crippen LogP contribution in [-0.4, -0.2) is 35.8 Å². The van der Waals surface area contributed by atoms with E-state index in [-0.39, 0.29) is 36.7 Å². The van der Waals surface area contributed by atoms with Crippen LogP contribution in [0.5, 0.6) is 0 Å². The maximum atomic E-state index is 10.1. The van der Waals surface area contributed by atoms with Gasteiger partial charge in [-0.3, -0.25) is 0 Å². The third-order valence-electron chi connectivity index (χ3n) is 7.18. The van der Waals surface area contributed by atoms with Crippen LogP contribution in [0.3, 0.4) is 0 Å². The number of rotatable bonds is 28. The van der Waals surface area contributed by atoms with Gasteiger partial charge in [-0.2, -0.15) is 0 Å². The summed E-state index contributed by atoms with van der Waals surface area (Å²) in [6.45, 7) is 16.5. The number of carboxylic acids is 2. The van der Waals surface area contributed by atoms with Crippen molar-refractivity contribution in [3.8, 4) is 0 Å². The molecule has 43 heavy (non-hydrogen) atoms. The summed E-state index contributed by atoms with van der Waals surface area (Å²) in [7, 11) is 0. The first kappa shape index (κ1) is 52.3. The number of hydrogen-bond donors (Lipinski definition) is 0. The standard InChI is InChI=1S/2C11H22O2.2C8H17.Sn/c2*1-2-3-4-5-6-7-8-9-10-11(12)13;2*1-3-5-7-8-6-4-2;/h2*2-10H2,1H3,(H,12,13);2*1,3-8H2,2H3;/q;;;;+2/p-2. The molecule has 4 radical (unpaired) electrons. The fourth-order valence-electron chi connectivity index (χ4n) is 4.37. The number of unbranched alkanes of at least 4 members (excludes halogenated alkanes) is 24. The summed E-state index contributed by atoms with van der Waals surface area (Å²) in [4.78, 5) is 20.1. The van der Waals surface area contributed by atoms with E-state index in [0.717, 1.165) is 38.5 Å². The Labute approximate surface area is 288 Å². The van der Waals surface area contributed by atoms with Crippen LogP contribution >= 0.6 is 0 Å². The third-order valence-corrected chi connectivity index (χ3v) is 7.18. The average molecular weight is 716 g/mol. The molecular formula is C38H76O4Sn. The molecule has 0 aromatic carbocycles. The van der Waals surface area contributed by atoms with Crippen LogP contribution in [0.15, 0.2) is 0 Å². The van der Waals surface area contributed by atoms with Gasteiger partial charge in [0.2, 0.25) is 0 Å². The van der Waals surface area contributed by atoms with Crippen LogP contribution in [0.2, 0.25) is 0 Å².